The van der Waals surface area contributed by atoms with Crippen molar-refractivity contribution in [1.29, 1.82) is 0 Å². The lowest BCUT2D eigenvalue weighted by molar-refractivity contribution is -0.120. The van der Waals surface area contributed by atoms with Crippen LogP contribution < -0.4 is 20.1 Å². The standard InChI is InChI=1S/C13H20N2O3/c1-14-13(16)4-5-15-9-10-6-11(17-2)8-12(7-10)18-3/h6-8,15H,4-5,9H2,1-3H3,(H,14,16). The second-order valence-electron chi connectivity index (χ2n) is 3.82. The monoisotopic (exact) mass is 252 g/mol. The first-order chi connectivity index (χ1) is 8.69. The zero-order chi connectivity index (χ0) is 13.4. The first kappa shape index (κ1) is 14.3. The number of carbonyl (C=O) groups excluding carboxylic acids is 1. The van der Waals surface area contributed by atoms with Gasteiger partial charge in [0.15, 0.2) is 0 Å². The Morgan fingerprint density at radius 3 is 2.28 bits per heavy atom. The smallest absolute Gasteiger partial charge is 0.221 e. The number of hydrogen-bond acceptors (Lipinski definition) is 4. The lowest BCUT2D eigenvalue weighted by atomic mass is 10.2. The summed E-state index contributed by atoms with van der Waals surface area (Å²) in [5.41, 5.74) is 1.06. The van der Waals surface area contributed by atoms with Crippen molar-refractivity contribution in [2.24, 2.45) is 0 Å². The Balaban J connectivity index is 2.48. The van der Waals surface area contributed by atoms with Gasteiger partial charge in [0.05, 0.1) is 14.2 Å². The number of carbonyl (C=O) groups is 1. The molecule has 0 heterocycles. The van der Waals surface area contributed by atoms with Crippen LogP contribution in [0.2, 0.25) is 0 Å². The topological polar surface area (TPSA) is 59.6 Å². The highest BCUT2D eigenvalue weighted by Crippen LogP contribution is 2.22. The van der Waals surface area contributed by atoms with Crippen LogP contribution in [0.15, 0.2) is 18.2 Å². The molecule has 0 spiro atoms. The summed E-state index contributed by atoms with van der Waals surface area (Å²) in [6.45, 7) is 1.31. The van der Waals surface area contributed by atoms with E-state index < -0.39 is 0 Å². The fraction of sp³-hybridized carbons (Fsp3) is 0.462. The maximum Gasteiger partial charge on any atom is 0.221 e. The molecule has 0 aliphatic rings. The van der Waals surface area contributed by atoms with Gasteiger partial charge in [-0.25, -0.2) is 0 Å². The molecule has 0 aliphatic heterocycles. The zero-order valence-corrected chi connectivity index (χ0v) is 11.1. The lowest BCUT2D eigenvalue weighted by Crippen LogP contribution is -2.24. The van der Waals surface area contributed by atoms with Crippen LogP contribution in [-0.2, 0) is 11.3 Å². The highest BCUT2D eigenvalue weighted by molar-refractivity contribution is 5.75. The first-order valence-electron chi connectivity index (χ1n) is 5.83. The van der Waals surface area contributed by atoms with Crippen LogP contribution in [0.25, 0.3) is 0 Å². The van der Waals surface area contributed by atoms with Crippen LogP contribution in [0.1, 0.15) is 12.0 Å². The summed E-state index contributed by atoms with van der Waals surface area (Å²) >= 11 is 0. The molecule has 0 saturated heterocycles. The van der Waals surface area contributed by atoms with Gasteiger partial charge in [-0.3, -0.25) is 4.79 Å². The second kappa shape index (κ2) is 7.55. The Kier molecular flexibility index (Phi) is 6.00. The van der Waals surface area contributed by atoms with Gasteiger partial charge in [0.25, 0.3) is 0 Å². The Morgan fingerprint density at radius 2 is 1.78 bits per heavy atom. The van der Waals surface area contributed by atoms with E-state index in [1.165, 1.54) is 0 Å². The normalized spacial score (nSPS) is 9.94. The number of amides is 1. The number of benzene rings is 1. The molecule has 1 aromatic carbocycles. The van der Waals surface area contributed by atoms with Crippen molar-refractivity contribution in [3.8, 4) is 11.5 Å². The van der Waals surface area contributed by atoms with Crippen LogP contribution in [0.5, 0.6) is 11.5 Å². The molecule has 2 N–H and O–H groups in total. The van der Waals surface area contributed by atoms with E-state index in [-0.39, 0.29) is 5.91 Å². The van der Waals surface area contributed by atoms with Gasteiger partial charge < -0.3 is 20.1 Å². The van der Waals surface area contributed by atoms with Crippen molar-refractivity contribution in [3.63, 3.8) is 0 Å². The van der Waals surface area contributed by atoms with Crippen LogP contribution in [0, 0.1) is 0 Å². The van der Waals surface area contributed by atoms with Crippen molar-refractivity contribution < 1.29 is 14.3 Å². The molecule has 5 heteroatoms. The maximum absolute atomic E-state index is 11.0. The van der Waals surface area contributed by atoms with Crippen molar-refractivity contribution in [2.75, 3.05) is 27.8 Å². The summed E-state index contributed by atoms with van der Waals surface area (Å²) in [5.74, 6) is 1.56. The summed E-state index contributed by atoms with van der Waals surface area (Å²) in [7, 11) is 4.88. The van der Waals surface area contributed by atoms with E-state index in [1.807, 2.05) is 18.2 Å². The molecule has 1 aromatic rings. The Labute approximate surface area is 107 Å². The quantitative estimate of drug-likeness (QED) is 0.709. The van der Waals surface area contributed by atoms with Crippen molar-refractivity contribution in [3.05, 3.63) is 23.8 Å². The molecule has 0 radical (unpaired) electrons. The Bertz CT molecular complexity index is 372. The van der Waals surface area contributed by atoms with Crippen LogP contribution in [0.3, 0.4) is 0 Å². The third kappa shape index (κ3) is 4.63. The average Bonchev–Trinajstić information content (AvgIpc) is 2.42. The van der Waals surface area contributed by atoms with Crippen molar-refractivity contribution >= 4 is 5.91 Å². The highest BCUT2D eigenvalue weighted by Gasteiger charge is 2.02. The van der Waals surface area contributed by atoms with E-state index in [2.05, 4.69) is 10.6 Å². The van der Waals surface area contributed by atoms with Crippen LogP contribution in [-0.4, -0.2) is 33.7 Å². The predicted octanol–water partition coefficient (Wildman–Crippen LogP) is 0.929. The largest absolute Gasteiger partial charge is 0.497 e. The minimum atomic E-state index is 0.0331. The summed E-state index contributed by atoms with van der Waals surface area (Å²) in [5, 5.41) is 5.78. The zero-order valence-electron chi connectivity index (χ0n) is 11.1. The summed E-state index contributed by atoms with van der Waals surface area (Å²) in [6.07, 6.45) is 0.470. The van der Waals surface area contributed by atoms with Gasteiger partial charge in [-0.05, 0) is 17.7 Å². The van der Waals surface area contributed by atoms with Crippen molar-refractivity contribution in [2.45, 2.75) is 13.0 Å². The van der Waals surface area contributed by atoms with Crippen LogP contribution in [0.4, 0.5) is 0 Å². The Morgan fingerprint density at radius 1 is 1.17 bits per heavy atom. The molecule has 0 atom stereocenters. The minimum absolute atomic E-state index is 0.0331. The van der Waals surface area contributed by atoms with Gasteiger partial charge in [-0.1, -0.05) is 0 Å². The second-order valence-corrected chi connectivity index (χ2v) is 3.82. The summed E-state index contributed by atoms with van der Waals surface area (Å²) in [4.78, 5) is 11.0. The molecule has 0 saturated carbocycles. The Hall–Kier alpha value is -1.75. The van der Waals surface area contributed by atoms with E-state index in [0.717, 1.165) is 17.1 Å². The molecule has 0 bridgehead atoms. The van der Waals surface area contributed by atoms with Crippen molar-refractivity contribution in [1.82, 2.24) is 10.6 Å². The van der Waals surface area contributed by atoms with Gasteiger partial charge in [0.2, 0.25) is 5.91 Å². The number of ether oxygens (including phenoxy) is 2. The molecule has 18 heavy (non-hydrogen) atoms. The first-order valence-corrected chi connectivity index (χ1v) is 5.83. The molecule has 0 aliphatic carbocycles. The third-order valence-electron chi connectivity index (χ3n) is 2.55. The highest BCUT2D eigenvalue weighted by atomic mass is 16.5. The minimum Gasteiger partial charge on any atom is -0.497 e. The molecular weight excluding hydrogens is 232 g/mol. The number of methoxy groups -OCH3 is 2. The molecule has 100 valence electrons. The summed E-state index contributed by atoms with van der Waals surface area (Å²) < 4.78 is 10.4. The fourth-order valence-electron chi connectivity index (χ4n) is 1.53. The average molecular weight is 252 g/mol. The third-order valence-corrected chi connectivity index (χ3v) is 2.55. The van der Waals surface area contributed by atoms with Crippen LogP contribution >= 0.6 is 0 Å². The molecule has 5 nitrogen and oxygen atoms in total. The van der Waals surface area contributed by atoms with Gasteiger partial charge in [0.1, 0.15) is 11.5 Å². The van der Waals surface area contributed by atoms with E-state index in [1.54, 1.807) is 21.3 Å². The maximum atomic E-state index is 11.0. The van der Waals surface area contributed by atoms with Gasteiger partial charge in [0, 0.05) is 32.6 Å². The van der Waals surface area contributed by atoms with Gasteiger partial charge >= 0.3 is 0 Å². The number of nitrogens with one attached hydrogen (secondary N) is 2. The fourth-order valence-corrected chi connectivity index (χ4v) is 1.53. The van der Waals surface area contributed by atoms with E-state index in [4.69, 9.17) is 9.47 Å². The lowest BCUT2D eigenvalue weighted by Gasteiger charge is -2.09. The van der Waals surface area contributed by atoms with Gasteiger partial charge in [-0.15, -0.1) is 0 Å². The number of rotatable bonds is 7. The molecule has 0 fully saturated rings. The molecule has 0 unspecified atom stereocenters. The summed E-state index contributed by atoms with van der Waals surface area (Å²) in [6, 6.07) is 5.71. The molecule has 1 amide bonds. The number of hydrogen-bond donors (Lipinski definition) is 2. The van der Waals surface area contributed by atoms with E-state index >= 15 is 0 Å². The van der Waals surface area contributed by atoms with E-state index in [9.17, 15) is 4.79 Å². The van der Waals surface area contributed by atoms with E-state index in [0.29, 0.717) is 19.5 Å². The molecule has 1 rings (SSSR count). The molecular formula is C13H20N2O3. The van der Waals surface area contributed by atoms with Gasteiger partial charge in [-0.2, -0.15) is 0 Å². The molecule has 0 aromatic heterocycles. The SMILES string of the molecule is CNC(=O)CCNCc1cc(OC)cc(OC)c1. The predicted molar refractivity (Wildman–Crippen MR) is 69.9 cm³/mol.